The van der Waals surface area contributed by atoms with Crippen LogP contribution in [0.25, 0.3) is 0 Å². The van der Waals surface area contributed by atoms with Crippen LogP contribution in [0.3, 0.4) is 0 Å². The number of phenols is 2. The van der Waals surface area contributed by atoms with Crippen LogP contribution in [-0.4, -0.2) is 34.6 Å². The van der Waals surface area contributed by atoms with E-state index in [2.05, 4.69) is 57.3 Å². The second kappa shape index (κ2) is 5.38. The SMILES string of the molecule is CN1C(=CC2=[N+](C)c3ccc(O)cc3C2(C)C)C(C)(C)c2cc(O)ccc21. The van der Waals surface area contributed by atoms with Gasteiger partial charge in [-0.1, -0.05) is 13.8 Å². The van der Waals surface area contributed by atoms with Crippen LogP contribution >= 0.6 is 0 Å². The standard InChI is InChI=1S/C23H26N2O2/c1-22(2)16-11-14(26)7-9-18(16)24(5)20(22)13-21-23(3,4)17-12-15(27)8-10-19(17)25(21)6/h7-13H,1-6H3,(H-,26,27)/p+1. The van der Waals surface area contributed by atoms with E-state index in [1.807, 2.05) is 24.3 Å². The molecule has 0 atom stereocenters. The molecule has 0 aliphatic carbocycles. The first-order chi connectivity index (χ1) is 12.5. The second-order valence-electron chi connectivity index (χ2n) is 8.69. The van der Waals surface area contributed by atoms with Crippen molar-refractivity contribution < 1.29 is 14.8 Å². The van der Waals surface area contributed by atoms with Gasteiger partial charge >= 0.3 is 0 Å². The summed E-state index contributed by atoms with van der Waals surface area (Å²) in [6.07, 6.45) is 2.27. The van der Waals surface area contributed by atoms with Crippen LogP contribution in [0.4, 0.5) is 11.4 Å². The average Bonchev–Trinajstić information content (AvgIpc) is 2.89. The number of fused-ring (bicyclic) bond motifs is 2. The zero-order valence-electron chi connectivity index (χ0n) is 16.8. The fourth-order valence-corrected chi connectivity index (χ4v) is 4.69. The minimum Gasteiger partial charge on any atom is -0.508 e. The molecule has 4 rings (SSSR count). The molecule has 0 aromatic heterocycles. The topological polar surface area (TPSA) is 46.7 Å². The first-order valence-corrected chi connectivity index (χ1v) is 9.29. The molecule has 0 radical (unpaired) electrons. The molecule has 2 aliphatic rings. The number of nitrogens with zero attached hydrogens (tertiary/aromatic N) is 2. The number of likely N-dealkylation sites (N-methyl/N-ethyl adjacent to an activating group) is 1. The highest BCUT2D eigenvalue weighted by Gasteiger charge is 2.46. The van der Waals surface area contributed by atoms with E-state index in [4.69, 9.17) is 0 Å². The van der Waals surface area contributed by atoms with E-state index in [0.29, 0.717) is 11.5 Å². The van der Waals surface area contributed by atoms with Gasteiger partial charge in [0.25, 0.3) is 0 Å². The molecule has 0 saturated heterocycles. The highest BCUT2D eigenvalue weighted by Crippen LogP contribution is 2.49. The number of hydrogen-bond donors (Lipinski definition) is 2. The van der Waals surface area contributed by atoms with Crippen LogP contribution in [0.15, 0.2) is 48.2 Å². The molecule has 0 spiro atoms. The molecule has 140 valence electrons. The molecule has 0 amide bonds. The van der Waals surface area contributed by atoms with Crippen LogP contribution in [0, 0.1) is 0 Å². The minimum atomic E-state index is -0.219. The molecule has 0 fully saturated rings. The van der Waals surface area contributed by atoms with E-state index in [9.17, 15) is 10.2 Å². The van der Waals surface area contributed by atoms with E-state index >= 15 is 0 Å². The molecule has 27 heavy (non-hydrogen) atoms. The third-order valence-electron chi connectivity index (χ3n) is 6.31. The van der Waals surface area contributed by atoms with Crippen LogP contribution in [0.5, 0.6) is 11.5 Å². The van der Waals surface area contributed by atoms with Crippen molar-refractivity contribution >= 4 is 17.1 Å². The lowest BCUT2D eigenvalue weighted by molar-refractivity contribution is -0.401. The number of aromatic hydroxyl groups is 2. The number of phenolic OH excluding ortho intramolecular Hbond substituents is 2. The van der Waals surface area contributed by atoms with Gasteiger partial charge in [-0.15, -0.1) is 0 Å². The Hall–Kier alpha value is -2.75. The van der Waals surface area contributed by atoms with Crippen molar-refractivity contribution in [1.29, 1.82) is 0 Å². The summed E-state index contributed by atoms with van der Waals surface area (Å²) in [5.41, 5.74) is 6.45. The molecule has 4 nitrogen and oxygen atoms in total. The third-order valence-corrected chi connectivity index (χ3v) is 6.31. The molecule has 2 heterocycles. The molecule has 0 bridgehead atoms. The Kier molecular flexibility index (Phi) is 3.52. The number of rotatable bonds is 1. The Morgan fingerprint density at radius 1 is 0.889 bits per heavy atom. The highest BCUT2D eigenvalue weighted by atomic mass is 16.3. The number of benzene rings is 2. The molecule has 2 N–H and O–H groups in total. The molecule has 0 saturated carbocycles. The zero-order valence-corrected chi connectivity index (χ0v) is 16.8. The van der Waals surface area contributed by atoms with Gasteiger partial charge in [0.2, 0.25) is 5.69 Å². The normalized spacial score (nSPS) is 21.0. The molecule has 2 aromatic carbocycles. The van der Waals surface area contributed by atoms with Gasteiger partial charge in [0.05, 0.1) is 5.41 Å². The summed E-state index contributed by atoms with van der Waals surface area (Å²) in [6.45, 7) is 8.79. The number of allylic oxidation sites excluding steroid dienone is 2. The number of hydrogen-bond acceptors (Lipinski definition) is 3. The van der Waals surface area contributed by atoms with Gasteiger partial charge in [0, 0.05) is 41.6 Å². The first kappa shape index (κ1) is 17.7. The van der Waals surface area contributed by atoms with E-state index in [0.717, 1.165) is 22.5 Å². The summed E-state index contributed by atoms with van der Waals surface area (Å²) in [6, 6.07) is 11.2. The molecule has 2 aliphatic heterocycles. The average molecular weight is 363 g/mol. The Morgan fingerprint density at radius 3 is 2.15 bits per heavy atom. The maximum Gasteiger partial charge on any atom is 0.209 e. The molecular formula is C23H27N2O2+. The van der Waals surface area contributed by atoms with E-state index in [1.165, 1.54) is 11.4 Å². The quantitative estimate of drug-likeness (QED) is 0.738. The lowest BCUT2D eigenvalue weighted by Gasteiger charge is -2.25. The van der Waals surface area contributed by atoms with Crippen LogP contribution in [0.1, 0.15) is 38.8 Å². The van der Waals surface area contributed by atoms with E-state index in [1.54, 1.807) is 12.1 Å². The molecular weight excluding hydrogens is 336 g/mol. The predicted octanol–water partition coefficient (Wildman–Crippen LogP) is 4.42. The van der Waals surface area contributed by atoms with Crippen molar-refractivity contribution in [2.24, 2.45) is 0 Å². The molecule has 0 unspecified atom stereocenters. The first-order valence-electron chi connectivity index (χ1n) is 9.29. The Balaban J connectivity index is 1.89. The summed E-state index contributed by atoms with van der Waals surface area (Å²) in [5, 5.41) is 20.0. The van der Waals surface area contributed by atoms with Crippen LogP contribution in [0.2, 0.25) is 0 Å². The number of anilines is 1. The maximum atomic E-state index is 9.98. The van der Waals surface area contributed by atoms with Gasteiger partial charge in [0.1, 0.15) is 18.5 Å². The Bertz CT molecular complexity index is 1030. The summed E-state index contributed by atoms with van der Waals surface area (Å²) in [7, 11) is 4.16. The Morgan fingerprint density at radius 2 is 1.48 bits per heavy atom. The highest BCUT2D eigenvalue weighted by molar-refractivity contribution is 6.04. The summed E-state index contributed by atoms with van der Waals surface area (Å²) in [5.74, 6) is 0.593. The molecule has 2 aromatic rings. The van der Waals surface area contributed by atoms with Gasteiger partial charge in [-0.2, -0.15) is 4.58 Å². The Labute approximate surface area is 160 Å². The lowest BCUT2D eigenvalue weighted by Crippen LogP contribution is -2.31. The van der Waals surface area contributed by atoms with Gasteiger partial charge in [0.15, 0.2) is 5.71 Å². The van der Waals surface area contributed by atoms with Crippen molar-refractivity contribution in [3.63, 3.8) is 0 Å². The minimum absolute atomic E-state index is 0.219. The third kappa shape index (κ3) is 2.32. The van der Waals surface area contributed by atoms with Crippen molar-refractivity contribution in [3.8, 4) is 11.5 Å². The van der Waals surface area contributed by atoms with Crippen LogP contribution in [-0.2, 0) is 10.8 Å². The summed E-state index contributed by atoms with van der Waals surface area (Å²) >= 11 is 0. The monoisotopic (exact) mass is 363 g/mol. The van der Waals surface area contributed by atoms with Crippen LogP contribution < -0.4 is 4.90 Å². The lowest BCUT2D eigenvalue weighted by atomic mass is 9.78. The van der Waals surface area contributed by atoms with E-state index in [-0.39, 0.29) is 10.8 Å². The molecule has 4 heteroatoms. The van der Waals surface area contributed by atoms with Crippen molar-refractivity contribution in [1.82, 2.24) is 0 Å². The van der Waals surface area contributed by atoms with Crippen molar-refractivity contribution in [2.75, 3.05) is 19.0 Å². The largest absolute Gasteiger partial charge is 0.508 e. The fourth-order valence-electron chi connectivity index (χ4n) is 4.69. The van der Waals surface area contributed by atoms with Gasteiger partial charge < -0.3 is 15.1 Å². The van der Waals surface area contributed by atoms with Gasteiger partial charge in [-0.3, -0.25) is 0 Å². The fraction of sp³-hybridized carbons (Fsp3) is 0.348. The van der Waals surface area contributed by atoms with E-state index < -0.39 is 0 Å². The summed E-state index contributed by atoms with van der Waals surface area (Å²) < 4.78 is 2.21. The van der Waals surface area contributed by atoms with Gasteiger partial charge in [-0.25, -0.2) is 0 Å². The zero-order chi connectivity index (χ0) is 19.7. The maximum absolute atomic E-state index is 9.98. The summed E-state index contributed by atoms with van der Waals surface area (Å²) in [4.78, 5) is 2.21. The smallest absolute Gasteiger partial charge is 0.209 e. The second-order valence-corrected chi connectivity index (χ2v) is 8.69. The predicted molar refractivity (Wildman–Crippen MR) is 110 cm³/mol. The van der Waals surface area contributed by atoms with Crippen molar-refractivity contribution in [2.45, 2.75) is 38.5 Å². The van der Waals surface area contributed by atoms with Crippen molar-refractivity contribution in [3.05, 3.63) is 59.3 Å². The van der Waals surface area contributed by atoms with Gasteiger partial charge in [-0.05, 0) is 49.7 Å².